The molecule has 0 radical (unpaired) electrons. The van der Waals surface area contributed by atoms with Crippen LogP contribution < -0.4 is 15.6 Å². The zero-order valence-electron chi connectivity index (χ0n) is 17.6. The lowest BCUT2D eigenvalue weighted by atomic mass is 9.45. The van der Waals surface area contributed by atoms with E-state index in [0.717, 1.165) is 29.6 Å². The fourth-order valence-electron chi connectivity index (χ4n) is 5.13. The second kappa shape index (κ2) is 7.38. The third kappa shape index (κ3) is 3.56. The van der Waals surface area contributed by atoms with Crippen molar-refractivity contribution in [3.05, 3.63) is 38.6 Å². The number of anilines is 1. The summed E-state index contributed by atoms with van der Waals surface area (Å²) in [6.45, 7) is 9.15. The van der Waals surface area contributed by atoms with Crippen molar-refractivity contribution >= 4 is 21.6 Å². The molecule has 2 aromatic heterocycles. The molecule has 3 fully saturated rings. The molecule has 1 N–H and O–H groups in total. The molecule has 3 saturated carbocycles. The number of fused-ring (bicyclic) bond motifs is 2. The lowest BCUT2D eigenvalue weighted by Crippen LogP contribution is -2.58. The number of aryl methyl sites for hydroxylation is 1. The Bertz CT molecular complexity index is 990. The molecule has 0 saturated heterocycles. The molecule has 0 amide bonds. The van der Waals surface area contributed by atoms with Gasteiger partial charge in [-0.05, 0) is 58.9 Å². The largest absolute Gasteiger partial charge is 0.481 e. The Morgan fingerprint density at radius 1 is 1.34 bits per heavy atom. The minimum Gasteiger partial charge on any atom is -0.481 e. The Balaban J connectivity index is 1.53. The van der Waals surface area contributed by atoms with Crippen LogP contribution >= 0.6 is 15.9 Å². The van der Waals surface area contributed by atoms with E-state index in [0.29, 0.717) is 33.6 Å². The van der Waals surface area contributed by atoms with Gasteiger partial charge in [0.1, 0.15) is 11.0 Å². The highest BCUT2D eigenvalue weighted by Crippen LogP contribution is 2.61. The van der Waals surface area contributed by atoms with Crippen molar-refractivity contribution in [2.24, 2.45) is 23.2 Å². The van der Waals surface area contributed by atoms with Crippen LogP contribution in [0.3, 0.4) is 0 Å². The van der Waals surface area contributed by atoms with Gasteiger partial charge in [-0.15, -0.1) is 0 Å². The first kappa shape index (κ1) is 20.3. The van der Waals surface area contributed by atoms with Crippen LogP contribution in [-0.2, 0) is 6.54 Å². The number of hydrogen-bond donors (Lipinski definition) is 1. The van der Waals surface area contributed by atoms with Gasteiger partial charge in [0.2, 0.25) is 5.88 Å². The summed E-state index contributed by atoms with van der Waals surface area (Å²) in [6, 6.07) is 2.12. The van der Waals surface area contributed by atoms with E-state index in [1.54, 1.807) is 19.4 Å². The fraction of sp³-hybridized carbons (Fsp3) is 0.619. The average molecular weight is 462 g/mol. The van der Waals surface area contributed by atoms with Gasteiger partial charge in [-0.25, -0.2) is 9.67 Å². The Morgan fingerprint density at radius 3 is 2.76 bits per heavy atom. The molecule has 7 nitrogen and oxygen atoms in total. The van der Waals surface area contributed by atoms with Crippen molar-refractivity contribution in [1.29, 1.82) is 0 Å². The number of rotatable bonds is 5. The highest BCUT2D eigenvalue weighted by molar-refractivity contribution is 9.10. The zero-order valence-corrected chi connectivity index (χ0v) is 19.2. The van der Waals surface area contributed by atoms with Gasteiger partial charge in [-0.1, -0.05) is 20.8 Å². The maximum Gasteiger partial charge on any atom is 0.283 e. The van der Waals surface area contributed by atoms with E-state index in [9.17, 15) is 4.79 Å². The van der Waals surface area contributed by atoms with E-state index in [1.807, 2.05) is 6.92 Å². The van der Waals surface area contributed by atoms with Crippen LogP contribution in [0, 0.1) is 30.1 Å². The molecule has 156 valence electrons. The summed E-state index contributed by atoms with van der Waals surface area (Å²) >= 11 is 3.48. The van der Waals surface area contributed by atoms with E-state index >= 15 is 0 Å². The van der Waals surface area contributed by atoms with Crippen LogP contribution in [0.2, 0.25) is 0 Å². The Hall–Kier alpha value is -1.96. The van der Waals surface area contributed by atoms with E-state index in [4.69, 9.17) is 4.74 Å². The third-order valence-corrected chi connectivity index (χ3v) is 7.82. The van der Waals surface area contributed by atoms with Gasteiger partial charge in [-0.3, -0.25) is 4.79 Å². The lowest BCUT2D eigenvalue weighted by Gasteiger charge is -2.62. The normalized spacial score (nSPS) is 27.2. The molecule has 3 aliphatic carbocycles. The Kier molecular flexibility index (Phi) is 5.17. The molecule has 29 heavy (non-hydrogen) atoms. The van der Waals surface area contributed by atoms with Crippen LogP contribution in [-0.4, -0.2) is 32.9 Å². The SMILES string of the molecule is COc1cc(C)nc(Cn2ncc(N[C@@H]3C[C@H]4C[C@@H]([C@H]3C)C4(C)C)c(Br)c2=O)n1. The maximum absolute atomic E-state index is 12.9. The van der Waals surface area contributed by atoms with Crippen molar-refractivity contribution < 1.29 is 4.74 Å². The summed E-state index contributed by atoms with van der Waals surface area (Å²) in [5.74, 6) is 3.02. The van der Waals surface area contributed by atoms with Crippen LogP contribution in [0.4, 0.5) is 5.69 Å². The van der Waals surface area contributed by atoms with Gasteiger partial charge in [0.15, 0.2) is 5.82 Å². The van der Waals surface area contributed by atoms with Crippen LogP contribution in [0.15, 0.2) is 21.5 Å². The van der Waals surface area contributed by atoms with Crippen LogP contribution in [0.5, 0.6) is 5.88 Å². The number of nitrogens with zero attached hydrogens (tertiary/aromatic N) is 4. The molecule has 0 aliphatic heterocycles. The molecule has 0 spiro atoms. The zero-order chi connectivity index (χ0) is 20.9. The molecule has 8 heteroatoms. The number of hydrogen-bond acceptors (Lipinski definition) is 6. The predicted molar refractivity (Wildman–Crippen MR) is 115 cm³/mol. The first-order valence-corrected chi connectivity index (χ1v) is 10.9. The van der Waals surface area contributed by atoms with Gasteiger partial charge < -0.3 is 10.1 Å². The molecule has 0 unspecified atom stereocenters. The van der Waals surface area contributed by atoms with E-state index in [2.05, 4.69) is 57.1 Å². The van der Waals surface area contributed by atoms with E-state index in [1.165, 1.54) is 11.1 Å². The third-order valence-electron chi connectivity index (χ3n) is 7.06. The quantitative estimate of drug-likeness (QED) is 0.731. The Labute approximate surface area is 179 Å². The molecular weight excluding hydrogens is 434 g/mol. The number of halogens is 1. The molecule has 5 rings (SSSR count). The average Bonchev–Trinajstić information content (AvgIpc) is 2.68. The van der Waals surface area contributed by atoms with E-state index < -0.39 is 0 Å². The number of methoxy groups -OCH3 is 1. The number of aromatic nitrogens is 4. The van der Waals surface area contributed by atoms with Crippen molar-refractivity contribution in [2.75, 3.05) is 12.4 Å². The van der Waals surface area contributed by atoms with E-state index in [-0.39, 0.29) is 12.1 Å². The summed E-state index contributed by atoms with van der Waals surface area (Å²) in [5.41, 5.74) is 1.77. The summed E-state index contributed by atoms with van der Waals surface area (Å²) < 4.78 is 7.06. The minimum absolute atomic E-state index is 0.188. The maximum atomic E-state index is 12.9. The topological polar surface area (TPSA) is 81.9 Å². The first-order valence-electron chi connectivity index (χ1n) is 10.1. The van der Waals surface area contributed by atoms with Crippen molar-refractivity contribution in [3.8, 4) is 5.88 Å². The smallest absolute Gasteiger partial charge is 0.283 e. The van der Waals surface area contributed by atoms with Crippen LogP contribution in [0.25, 0.3) is 0 Å². The molecule has 3 aliphatic rings. The van der Waals surface area contributed by atoms with Crippen LogP contribution in [0.1, 0.15) is 45.1 Å². The molecule has 2 heterocycles. The van der Waals surface area contributed by atoms with Gasteiger partial charge in [0, 0.05) is 17.8 Å². The second-order valence-corrected chi connectivity index (χ2v) is 9.80. The second-order valence-electron chi connectivity index (χ2n) is 9.01. The molecule has 4 atom stereocenters. The summed E-state index contributed by atoms with van der Waals surface area (Å²) in [4.78, 5) is 21.5. The van der Waals surface area contributed by atoms with Gasteiger partial charge >= 0.3 is 0 Å². The highest BCUT2D eigenvalue weighted by Gasteiger charge is 2.56. The fourth-order valence-corrected chi connectivity index (χ4v) is 5.55. The predicted octanol–water partition coefficient (Wildman–Crippen LogP) is 3.64. The summed E-state index contributed by atoms with van der Waals surface area (Å²) in [6.07, 6.45) is 4.18. The minimum atomic E-state index is -0.201. The van der Waals surface area contributed by atoms with Gasteiger partial charge in [0.25, 0.3) is 5.56 Å². The summed E-state index contributed by atoms with van der Waals surface area (Å²) in [5, 5.41) is 7.94. The Morgan fingerprint density at radius 2 is 2.10 bits per heavy atom. The van der Waals surface area contributed by atoms with Gasteiger partial charge in [-0.2, -0.15) is 10.1 Å². The van der Waals surface area contributed by atoms with Crippen molar-refractivity contribution in [3.63, 3.8) is 0 Å². The standard InChI is InChI=1S/C21H28BrN5O2/c1-11-6-18(29-5)26-17(24-11)10-27-20(28)19(22)16(9-23-27)25-15-8-13-7-14(12(15)2)21(13,3)4/h6,9,12-15,25H,7-8,10H2,1-5H3/t12-,13-,14+,15-/m1/s1. The van der Waals surface area contributed by atoms with Crippen molar-refractivity contribution in [1.82, 2.24) is 19.7 Å². The first-order chi connectivity index (χ1) is 13.7. The lowest BCUT2D eigenvalue weighted by molar-refractivity contribution is -0.105. The highest BCUT2D eigenvalue weighted by atomic mass is 79.9. The molecule has 2 bridgehead atoms. The monoisotopic (exact) mass is 461 g/mol. The molecular formula is C21H28BrN5O2. The van der Waals surface area contributed by atoms with Crippen molar-refractivity contribution in [2.45, 2.75) is 53.1 Å². The number of ether oxygens (including phenoxy) is 1. The van der Waals surface area contributed by atoms with Gasteiger partial charge in [0.05, 0.1) is 19.0 Å². The molecule has 0 aromatic carbocycles. The molecule has 2 aromatic rings. The summed E-state index contributed by atoms with van der Waals surface area (Å²) in [7, 11) is 1.56. The number of nitrogens with one attached hydrogen (secondary N) is 1.